The van der Waals surface area contributed by atoms with E-state index in [4.69, 9.17) is 5.73 Å². The van der Waals surface area contributed by atoms with Gasteiger partial charge in [-0.1, -0.05) is 42.5 Å². The third kappa shape index (κ3) is 12.0. The number of carboxylic acid groups (broad SMARTS) is 1. The molecule has 214 valence electrons. The van der Waals surface area contributed by atoms with Crippen molar-refractivity contribution in [1.82, 2.24) is 26.6 Å². The topological polar surface area (TPSA) is 229 Å². The number of carboxylic acids is 1. The minimum absolute atomic E-state index is 0.0145. The first-order valence-electron chi connectivity index (χ1n) is 12.2. The highest BCUT2D eigenvalue weighted by molar-refractivity contribution is 5.92. The number of amides is 5. The van der Waals surface area contributed by atoms with Gasteiger partial charge >= 0.3 is 5.97 Å². The summed E-state index contributed by atoms with van der Waals surface area (Å²) in [4.78, 5) is 71.3. The quantitative estimate of drug-likeness (QED) is 0.116. The number of carbonyl (C=O) groups is 6. The molecule has 2 rings (SSSR count). The molecule has 0 unspecified atom stereocenters. The number of rotatable bonds is 15. The highest BCUT2D eigenvalue weighted by Crippen LogP contribution is 2.11. The van der Waals surface area contributed by atoms with E-state index in [1.807, 2.05) is 30.3 Å². The molecule has 0 fully saturated rings. The van der Waals surface area contributed by atoms with Gasteiger partial charge in [0.05, 0.1) is 32.2 Å². The molecule has 5 amide bonds. The third-order valence-corrected chi connectivity index (χ3v) is 5.41. The van der Waals surface area contributed by atoms with Gasteiger partial charge in [-0.3, -0.25) is 24.0 Å². The first-order chi connectivity index (χ1) is 19.0. The van der Waals surface area contributed by atoms with E-state index in [1.54, 1.807) is 0 Å². The fourth-order valence-corrected chi connectivity index (χ4v) is 3.30. The minimum Gasteiger partial charge on any atom is -0.508 e. The summed E-state index contributed by atoms with van der Waals surface area (Å²) in [5.74, 6) is -4.61. The molecule has 0 aliphatic heterocycles. The molecule has 0 aromatic heterocycles. The number of phenols is 1. The van der Waals surface area contributed by atoms with Gasteiger partial charge in [0.1, 0.15) is 11.8 Å². The van der Waals surface area contributed by atoms with Crippen molar-refractivity contribution in [3.63, 3.8) is 0 Å². The van der Waals surface area contributed by atoms with Gasteiger partial charge in [-0.05, 0) is 29.7 Å². The van der Waals surface area contributed by atoms with Gasteiger partial charge in [-0.25, -0.2) is 4.79 Å². The second-order valence-electron chi connectivity index (χ2n) is 8.67. The molecule has 2 aromatic carbocycles. The molecule has 0 spiro atoms. The van der Waals surface area contributed by atoms with E-state index in [0.717, 1.165) is 5.56 Å². The molecule has 0 saturated heterocycles. The predicted octanol–water partition coefficient (Wildman–Crippen LogP) is -2.46. The van der Waals surface area contributed by atoms with Gasteiger partial charge in [0.15, 0.2) is 0 Å². The second-order valence-corrected chi connectivity index (χ2v) is 8.67. The molecule has 0 radical (unpaired) electrons. The van der Waals surface area contributed by atoms with Crippen LogP contribution >= 0.6 is 0 Å². The number of aromatic hydroxyl groups is 1. The van der Waals surface area contributed by atoms with Crippen LogP contribution in [0.4, 0.5) is 0 Å². The van der Waals surface area contributed by atoms with Gasteiger partial charge < -0.3 is 42.5 Å². The van der Waals surface area contributed by atoms with Crippen LogP contribution in [0.2, 0.25) is 0 Å². The number of benzene rings is 2. The predicted molar refractivity (Wildman–Crippen MR) is 142 cm³/mol. The molecule has 14 nitrogen and oxygen atoms in total. The summed E-state index contributed by atoms with van der Waals surface area (Å²) in [6, 6.07) is 12.8. The highest BCUT2D eigenvalue weighted by Gasteiger charge is 2.21. The maximum Gasteiger partial charge on any atom is 0.326 e. The first-order valence-corrected chi connectivity index (χ1v) is 12.2. The van der Waals surface area contributed by atoms with Crippen LogP contribution in [0.5, 0.6) is 5.75 Å². The van der Waals surface area contributed by atoms with E-state index in [0.29, 0.717) is 12.0 Å². The fraction of sp³-hybridized carbons (Fsp3) is 0.308. The Bertz CT molecular complexity index is 1190. The summed E-state index contributed by atoms with van der Waals surface area (Å²) < 4.78 is 0. The third-order valence-electron chi connectivity index (χ3n) is 5.41. The molecule has 0 heterocycles. The Labute approximate surface area is 229 Å². The maximum atomic E-state index is 12.1. The fourth-order valence-electron chi connectivity index (χ4n) is 3.30. The lowest BCUT2D eigenvalue weighted by Gasteiger charge is -2.15. The number of carbonyl (C=O) groups excluding carboxylic acids is 5. The first kappa shape index (κ1) is 31.2. The van der Waals surface area contributed by atoms with Crippen LogP contribution in [0, 0.1) is 0 Å². The number of hydrogen-bond acceptors (Lipinski definition) is 8. The Balaban J connectivity index is 1.61. The van der Waals surface area contributed by atoms with E-state index >= 15 is 0 Å². The van der Waals surface area contributed by atoms with Gasteiger partial charge in [0.2, 0.25) is 29.5 Å². The molecule has 14 heteroatoms. The van der Waals surface area contributed by atoms with Gasteiger partial charge in [-0.2, -0.15) is 0 Å². The molecule has 0 saturated carbocycles. The smallest absolute Gasteiger partial charge is 0.326 e. The molecule has 0 aliphatic carbocycles. The van der Waals surface area contributed by atoms with Gasteiger partial charge in [-0.15, -0.1) is 0 Å². The van der Waals surface area contributed by atoms with Crippen LogP contribution in [0.1, 0.15) is 11.1 Å². The maximum absolute atomic E-state index is 12.1. The van der Waals surface area contributed by atoms with Crippen molar-refractivity contribution in [1.29, 1.82) is 0 Å². The number of hydrogen-bond donors (Lipinski definition) is 8. The van der Waals surface area contributed by atoms with Crippen LogP contribution in [-0.4, -0.2) is 84.0 Å². The molecule has 2 atom stereocenters. The van der Waals surface area contributed by atoms with E-state index in [-0.39, 0.29) is 12.2 Å². The van der Waals surface area contributed by atoms with Crippen molar-refractivity contribution in [2.24, 2.45) is 5.73 Å². The van der Waals surface area contributed by atoms with E-state index in [9.17, 15) is 39.0 Å². The van der Waals surface area contributed by atoms with E-state index in [2.05, 4.69) is 26.6 Å². The van der Waals surface area contributed by atoms with Crippen LogP contribution in [0.15, 0.2) is 54.6 Å². The van der Waals surface area contributed by atoms with Crippen molar-refractivity contribution in [2.45, 2.75) is 24.9 Å². The Morgan fingerprint density at radius 1 is 0.650 bits per heavy atom. The zero-order valence-corrected chi connectivity index (χ0v) is 21.5. The molecule has 0 aliphatic rings. The Kier molecular flexibility index (Phi) is 12.6. The Morgan fingerprint density at radius 2 is 1.12 bits per heavy atom. The summed E-state index contributed by atoms with van der Waals surface area (Å²) in [5, 5.41) is 30.1. The Hall–Kier alpha value is -4.98. The highest BCUT2D eigenvalue weighted by atomic mass is 16.4. The molecular formula is C26H32N6O8. The second kappa shape index (κ2) is 16.1. The van der Waals surface area contributed by atoms with Crippen molar-refractivity contribution in [3.05, 3.63) is 65.7 Å². The average molecular weight is 557 g/mol. The number of nitrogens with one attached hydrogen (secondary N) is 5. The van der Waals surface area contributed by atoms with Crippen LogP contribution in [-0.2, 0) is 41.6 Å². The van der Waals surface area contributed by atoms with Crippen LogP contribution in [0.25, 0.3) is 0 Å². The zero-order valence-electron chi connectivity index (χ0n) is 21.5. The molecule has 0 bridgehead atoms. The molecule has 40 heavy (non-hydrogen) atoms. The van der Waals surface area contributed by atoms with Crippen molar-refractivity contribution >= 4 is 35.5 Å². The van der Waals surface area contributed by atoms with Crippen LogP contribution < -0.4 is 32.3 Å². The van der Waals surface area contributed by atoms with Crippen molar-refractivity contribution in [2.75, 3.05) is 26.2 Å². The van der Waals surface area contributed by atoms with Crippen molar-refractivity contribution in [3.8, 4) is 5.75 Å². The van der Waals surface area contributed by atoms with Crippen molar-refractivity contribution < 1.29 is 39.0 Å². The monoisotopic (exact) mass is 556 g/mol. The number of aliphatic carboxylic acids is 1. The molecule has 2 aromatic rings. The number of nitrogens with two attached hydrogens (primary N) is 1. The summed E-state index contributed by atoms with van der Waals surface area (Å²) in [6.07, 6.45) is 0.252. The average Bonchev–Trinajstić information content (AvgIpc) is 2.93. The molecular weight excluding hydrogens is 524 g/mol. The van der Waals surface area contributed by atoms with E-state index < -0.39 is 73.8 Å². The SMILES string of the molecule is N[C@@H](Cc1ccccc1)C(=O)NCC(=O)NCC(=O)NCC(=O)NCC(=O)N[C@@H](Cc1ccc(O)cc1)C(=O)O. The molecule has 9 N–H and O–H groups in total. The Morgan fingerprint density at radius 3 is 1.65 bits per heavy atom. The lowest BCUT2D eigenvalue weighted by molar-refractivity contribution is -0.141. The minimum atomic E-state index is -1.28. The number of phenolic OH excluding ortho intramolecular Hbond substituents is 1. The largest absolute Gasteiger partial charge is 0.508 e. The van der Waals surface area contributed by atoms with Gasteiger partial charge in [0.25, 0.3) is 0 Å². The summed E-state index contributed by atoms with van der Waals surface area (Å²) in [6.45, 7) is -1.88. The standard InChI is InChI=1S/C26H32N6O8/c27-19(10-16-4-2-1-3-5-16)25(38)31-14-23(36)29-12-21(34)28-13-22(35)30-15-24(37)32-20(26(39)40)11-17-6-8-18(33)9-7-17/h1-9,19-20,33H,10-15,27H2,(H,28,34)(H,29,36)(H,30,35)(H,31,38)(H,32,37)(H,39,40)/t19-,20-/m0/s1. The van der Waals surface area contributed by atoms with Crippen LogP contribution in [0.3, 0.4) is 0 Å². The van der Waals surface area contributed by atoms with E-state index in [1.165, 1.54) is 24.3 Å². The normalized spacial score (nSPS) is 11.8. The lowest BCUT2D eigenvalue weighted by atomic mass is 10.1. The summed E-state index contributed by atoms with van der Waals surface area (Å²) in [5.41, 5.74) is 7.27. The summed E-state index contributed by atoms with van der Waals surface area (Å²) >= 11 is 0. The summed E-state index contributed by atoms with van der Waals surface area (Å²) in [7, 11) is 0. The lowest BCUT2D eigenvalue weighted by Crippen LogP contribution is -2.49. The zero-order chi connectivity index (χ0) is 29.5. The van der Waals surface area contributed by atoms with Gasteiger partial charge in [0, 0.05) is 6.42 Å².